The minimum atomic E-state index is -4.05. The van der Waals surface area contributed by atoms with E-state index in [0.29, 0.717) is 25.8 Å². The quantitative estimate of drug-likeness (QED) is 0.347. The zero-order chi connectivity index (χ0) is 18.8. The first-order valence-electron chi connectivity index (χ1n) is 9.60. The molecule has 0 radical (unpaired) electrons. The average Bonchev–Trinajstić information content (AvgIpc) is 2.95. The van der Waals surface area contributed by atoms with Gasteiger partial charge in [0.25, 0.3) is 0 Å². The van der Waals surface area contributed by atoms with Crippen molar-refractivity contribution in [1.82, 2.24) is 15.5 Å². The number of halogens is 4. The number of alkyl halides is 3. The second kappa shape index (κ2) is 9.17. The van der Waals surface area contributed by atoms with Gasteiger partial charge in [0.2, 0.25) is 5.91 Å². The molecule has 0 aromatic carbocycles. The molecule has 1 amide bonds. The lowest BCUT2D eigenvalue weighted by molar-refractivity contribution is -0.183. The highest BCUT2D eigenvalue weighted by Crippen LogP contribution is 2.39. The lowest BCUT2D eigenvalue weighted by Crippen LogP contribution is -2.52. The number of likely N-dealkylation sites (tertiary alicyclic amines) is 1. The second-order valence-electron chi connectivity index (χ2n) is 8.17. The molecule has 1 aliphatic carbocycles. The van der Waals surface area contributed by atoms with Gasteiger partial charge in [-0.1, -0.05) is 0 Å². The van der Waals surface area contributed by atoms with Gasteiger partial charge >= 0.3 is 6.18 Å². The number of nitrogens with zero attached hydrogens (tertiary/aromatic N) is 2. The van der Waals surface area contributed by atoms with Crippen molar-refractivity contribution in [3.05, 3.63) is 0 Å². The third-order valence-electron chi connectivity index (χ3n) is 6.23. The maximum Gasteiger partial charge on any atom is 0.391 e. The van der Waals surface area contributed by atoms with Gasteiger partial charge in [-0.3, -0.25) is 9.79 Å². The summed E-state index contributed by atoms with van der Waals surface area (Å²) in [4.78, 5) is 18.2. The van der Waals surface area contributed by atoms with Crippen molar-refractivity contribution in [2.75, 3.05) is 33.2 Å². The van der Waals surface area contributed by atoms with Crippen LogP contribution in [0, 0.1) is 17.3 Å². The Morgan fingerprint density at radius 3 is 2.59 bits per heavy atom. The van der Waals surface area contributed by atoms with Crippen LogP contribution in [0.5, 0.6) is 0 Å². The number of carbonyl (C=O) groups excluding carboxylic acids is 1. The van der Waals surface area contributed by atoms with E-state index in [9.17, 15) is 18.0 Å². The number of rotatable bonds is 2. The summed E-state index contributed by atoms with van der Waals surface area (Å²) in [6.07, 6.45) is 0.259. The molecule has 1 saturated carbocycles. The Bertz CT molecular complexity index is 549. The van der Waals surface area contributed by atoms with Crippen LogP contribution in [0.15, 0.2) is 4.99 Å². The van der Waals surface area contributed by atoms with E-state index in [1.807, 2.05) is 0 Å². The number of guanidine groups is 1. The third-order valence-corrected chi connectivity index (χ3v) is 6.23. The van der Waals surface area contributed by atoms with E-state index in [-0.39, 0.29) is 54.1 Å². The zero-order valence-electron chi connectivity index (χ0n) is 15.8. The number of carbonyl (C=O) groups is 1. The van der Waals surface area contributed by atoms with Crippen LogP contribution in [0.2, 0.25) is 0 Å². The molecular formula is C18H30F3IN4O. The van der Waals surface area contributed by atoms with Crippen LogP contribution in [0.25, 0.3) is 0 Å². The maximum atomic E-state index is 12.8. The molecule has 3 rings (SSSR count). The minimum absolute atomic E-state index is 0. The van der Waals surface area contributed by atoms with Crippen LogP contribution < -0.4 is 10.6 Å². The highest BCUT2D eigenvalue weighted by molar-refractivity contribution is 14.0. The molecule has 156 valence electrons. The summed E-state index contributed by atoms with van der Waals surface area (Å²) in [5, 5.41) is 6.31. The van der Waals surface area contributed by atoms with Crippen LogP contribution in [0.1, 0.15) is 44.9 Å². The molecular weight excluding hydrogens is 472 g/mol. The summed E-state index contributed by atoms with van der Waals surface area (Å²) in [5.41, 5.74) is -0.00226. The fourth-order valence-corrected chi connectivity index (χ4v) is 4.69. The summed E-state index contributed by atoms with van der Waals surface area (Å²) in [5.74, 6) is 0.0591. The van der Waals surface area contributed by atoms with Gasteiger partial charge in [0.1, 0.15) is 0 Å². The molecule has 2 N–H and O–H groups in total. The number of amides is 1. The van der Waals surface area contributed by atoms with Crippen molar-refractivity contribution in [1.29, 1.82) is 0 Å². The van der Waals surface area contributed by atoms with E-state index >= 15 is 0 Å². The summed E-state index contributed by atoms with van der Waals surface area (Å²) >= 11 is 0. The summed E-state index contributed by atoms with van der Waals surface area (Å²) < 4.78 is 38.3. The van der Waals surface area contributed by atoms with Gasteiger partial charge < -0.3 is 15.5 Å². The number of piperidine rings is 1. The molecule has 0 bridgehead atoms. The molecule has 2 saturated heterocycles. The number of hydrogen-bond donors (Lipinski definition) is 2. The minimum Gasteiger partial charge on any atom is -0.356 e. The number of nitrogens with one attached hydrogen (secondary N) is 2. The van der Waals surface area contributed by atoms with Crippen LogP contribution in [-0.4, -0.2) is 56.2 Å². The molecule has 27 heavy (non-hydrogen) atoms. The Labute approximate surface area is 175 Å². The Balaban J connectivity index is 0.00000261. The van der Waals surface area contributed by atoms with Crippen molar-refractivity contribution in [2.24, 2.45) is 22.2 Å². The molecule has 9 heteroatoms. The molecule has 3 fully saturated rings. The lowest BCUT2D eigenvalue weighted by atomic mass is 9.79. The highest BCUT2D eigenvalue weighted by atomic mass is 127. The van der Waals surface area contributed by atoms with E-state index in [1.54, 1.807) is 7.05 Å². The first-order chi connectivity index (χ1) is 12.3. The summed E-state index contributed by atoms with van der Waals surface area (Å²) in [6, 6.07) is 0. The molecule has 1 unspecified atom stereocenters. The summed E-state index contributed by atoms with van der Waals surface area (Å²) in [6.45, 7) is 3.08. The SMILES string of the molecule is CN=C(NCC1CCC(C(F)(F)F)CC1)N1CCCC2(CNC(=O)C2)C1.I. The van der Waals surface area contributed by atoms with Crippen molar-refractivity contribution in [2.45, 2.75) is 51.1 Å². The smallest absolute Gasteiger partial charge is 0.356 e. The van der Waals surface area contributed by atoms with Crippen molar-refractivity contribution >= 4 is 35.8 Å². The number of hydrogen-bond acceptors (Lipinski definition) is 2. The Morgan fingerprint density at radius 1 is 1.33 bits per heavy atom. The highest BCUT2D eigenvalue weighted by Gasteiger charge is 2.43. The average molecular weight is 502 g/mol. The Kier molecular flexibility index (Phi) is 7.66. The third kappa shape index (κ3) is 5.63. The van der Waals surface area contributed by atoms with Gasteiger partial charge in [0.15, 0.2) is 5.96 Å². The Morgan fingerprint density at radius 2 is 2.04 bits per heavy atom. The van der Waals surface area contributed by atoms with Crippen LogP contribution >= 0.6 is 24.0 Å². The molecule has 3 aliphatic rings. The van der Waals surface area contributed by atoms with Crippen LogP contribution in [0.3, 0.4) is 0 Å². The molecule has 2 aliphatic heterocycles. The summed E-state index contributed by atoms with van der Waals surface area (Å²) in [7, 11) is 1.74. The molecule has 1 atom stereocenters. The van der Waals surface area contributed by atoms with Gasteiger partial charge in [-0.05, 0) is 44.4 Å². The van der Waals surface area contributed by atoms with Gasteiger partial charge in [0.05, 0.1) is 5.92 Å². The van der Waals surface area contributed by atoms with Crippen molar-refractivity contribution in [3.63, 3.8) is 0 Å². The maximum absolute atomic E-state index is 12.8. The first kappa shape index (κ1) is 22.5. The fraction of sp³-hybridized carbons (Fsp3) is 0.889. The standard InChI is InChI=1S/C18H29F3N4O.HI/c1-22-16(23-10-13-3-5-14(6-4-13)18(19,20)21)25-8-2-7-17(12-25)9-15(26)24-11-17;/h13-14H,2-12H2,1H3,(H,22,23)(H,24,26);1H. The molecule has 2 heterocycles. The van der Waals surface area contributed by atoms with E-state index in [1.165, 1.54) is 0 Å². The van der Waals surface area contributed by atoms with Crippen molar-refractivity contribution < 1.29 is 18.0 Å². The fourth-order valence-electron chi connectivity index (χ4n) is 4.69. The lowest BCUT2D eigenvalue weighted by Gasteiger charge is -2.41. The topological polar surface area (TPSA) is 56.7 Å². The Hall–Kier alpha value is -0.740. The van der Waals surface area contributed by atoms with Gasteiger partial charge in [-0.2, -0.15) is 13.2 Å². The normalized spacial score (nSPS) is 32.2. The predicted octanol–water partition coefficient (Wildman–Crippen LogP) is 3.15. The predicted molar refractivity (Wildman–Crippen MR) is 109 cm³/mol. The monoisotopic (exact) mass is 502 g/mol. The zero-order valence-corrected chi connectivity index (χ0v) is 18.1. The molecule has 5 nitrogen and oxygen atoms in total. The van der Waals surface area contributed by atoms with E-state index in [2.05, 4.69) is 20.5 Å². The van der Waals surface area contributed by atoms with Gasteiger partial charge in [-0.15, -0.1) is 24.0 Å². The van der Waals surface area contributed by atoms with Crippen LogP contribution in [0.4, 0.5) is 13.2 Å². The largest absolute Gasteiger partial charge is 0.391 e. The van der Waals surface area contributed by atoms with E-state index in [0.717, 1.165) is 38.4 Å². The molecule has 1 spiro atoms. The number of aliphatic imine (C=N–C) groups is 1. The first-order valence-corrected chi connectivity index (χ1v) is 9.60. The van der Waals surface area contributed by atoms with E-state index in [4.69, 9.17) is 0 Å². The second-order valence-corrected chi connectivity index (χ2v) is 8.17. The van der Waals surface area contributed by atoms with Crippen LogP contribution in [-0.2, 0) is 4.79 Å². The van der Waals surface area contributed by atoms with Gasteiger partial charge in [-0.25, -0.2) is 0 Å². The van der Waals surface area contributed by atoms with Crippen molar-refractivity contribution in [3.8, 4) is 0 Å². The molecule has 0 aromatic heterocycles. The molecule has 0 aromatic rings. The van der Waals surface area contributed by atoms with E-state index < -0.39 is 12.1 Å². The van der Waals surface area contributed by atoms with Gasteiger partial charge in [0, 0.05) is 45.1 Å².